The number of furan rings is 1. The summed E-state index contributed by atoms with van der Waals surface area (Å²) in [5.74, 6) is 0.276. The molecule has 3 aromatic rings. The maximum absolute atomic E-state index is 12.6. The molecule has 1 aliphatic heterocycles. The Kier molecular flexibility index (Phi) is 5.61. The van der Waals surface area contributed by atoms with Crippen LogP contribution in [0.2, 0.25) is 0 Å². The molecule has 29 heavy (non-hydrogen) atoms. The van der Waals surface area contributed by atoms with Gasteiger partial charge in [0.2, 0.25) is 15.9 Å². The minimum absolute atomic E-state index is 0.287. The lowest BCUT2D eigenvalue weighted by molar-refractivity contribution is -0.111. The quantitative estimate of drug-likeness (QED) is 0.601. The van der Waals surface area contributed by atoms with Crippen molar-refractivity contribution < 1.29 is 17.6 Å². The molecule has 0 bridgehead atoms. The number of anilines is 1. The van der Waals surface area contributed by atoms with Crippen LogP contribution in [0.4, 0.5) is 5.13 Å². The Morgan fingerprint density at radius 3 is 2.62 bits per heavy atom. The number of sulfonamides is 1. The van der Waals surface area contributed by atoms with Crippen LogP contribution >= 0.6 is 11.3 Å². The molecular formula is C20H19N3O4S2. The molecule has 150 valence electrons. The molecular weight excluding hydrogens is 410 g/mol. The van der Waals surface area contributed by atoms with E-state index in [1.165, 1.54) is 28.0 Å². The van der Waals surface area contributed by atoms with Crippen LogP contribution in [0.25, 0.3) is 17.3 Å². The molecule has 9 heteroatoms. The molecule has 0 unspecified atom stereocenters. The molecule has 1 N–H and O–H groups in total. The second-order valence-corrected chi connectivity index (χ2v) is 9.31. The molecule has 0 atom stereocenters. The smallest absolute Gasteiger partial charge is 0.250 e. The highest BCUT2D eigenvalue weighted by Crippen LogP contribution is 2.27. The van der Waals surface area contributed by atoms with Crippen molar-refractivity contribution in [3.63, 3.8) is 0 Å². The van der Waals surface area contributed by atoms with Crippen LogP contribution in [0.15, 0.2) is 63.4 Å². The van der Waals surface area contributed by atoms with Crippen molar-refractivity contribution in [2.24, 2.45) is 0 Å². The summed E-state index contributed by atoms with van der Waals surface area (Å²) in [7, 11) is -3.43. The van der Waals surface area contributed by atoms with E-state index in [2.05, 4.69) is 10.3 Å². The third-order valence-corrected chi connectivity index (χ3v) is 7.20. The highest BCUT2D eigenvalue weighted by atomic mass is 32.2. The van der Waals surface area contributed by atoms with Gasteiger partial charge in [0, 0.05) is 30.1 Å². The number of amides is 1. The lowest BCUT2D eigenvalue weighted by Gasteiger charge is -2.15. The molecule has 1 aliphatic rings. The first-order valence-corrected chi connectivity index (χ1v) is 11.4. The molecule has 1 aromatic carbocycles. The molecule has 2 aromatic heterocycles. The van der Waals surface area contributed by atoms with E-state index in [0.717, 1.165) is 18.4 Å². The maximum Gasteiger partial charge on any atom is 0.250 e. The van der Waals surface area contributed by atoms with Gasteiger partial charge in [-0.2, -0.15) is 4.31 Å². The van der Waals surface area contributed by atoms with Crippen LogP contribution in [0.5, 0.6) is 0 Å². The molecule has 1 amide bonds. The molecule has 0 saturated carbocycles. The fourth-order valence-electron chi connectivity index (χ4n) is 3.03. The number of rotatable bonds is 6. The Morgan fingerprint density at radius 2 is 1.93 bits per heavy atom. The Balaban J connectivity index is 1.43. The van der Waals surface area contributed by atoms with Crippen molar-refractivity contribution in [3.05, 3.63) is 59.9 Å². The van der Waals surface area contributed by atoms with Crippen LogP contribution in [0.1, 0.15) is 18.6 Å². The zero-order valence-corrected chi connectivity index (χ0v) is 17.1. The lowest BCUT2D eigenvalue weighted by atomic mass is 10.2. The number of nitrogens with one attached hydrogen (secondary N) is 1. The van der Waals surface area contributed by atoms with Gasteiger partial charge in [0.25, 0.3) is 0 Å². The van der Waals surface area contributed by atoms with Gasteiger partial charge in [0.05, 0.1) is 16.9 Å². The monoisotopic (exact) mass is 429 g/mol. The van der Waals surface area contributed by atoms with Gasteiger partial charge in [-0.25, -0.2) is 13.4 Å². The third kappa shape index (κ3) is 4.47. The summed E-state index contributed by atoms with van der Waals surface area (Å²) in [6.45, 7) is 1.15. The van der Waals surface area contributed by atoms with Gasteiger partial charge in [0.15, 0.2) is 5.13 Å². The van der Waals surface area contributed by atoms with Crippen molar-refractivity contribution in [3.8, 4) is 11.3 Å². The van der Waals surface area contributed by atoms with E-state index < -0.39 is 10.0 Å². The van der Waals surface area contributed by atoms with Crippen LogP contribution in [0.3, 0.4) is 0 Å². The third-order valence-electron chi connectivity index (χ3n) is 4.53. The van der Waals surface area contributed by atoms with Crippen molar-refractivity contribution in [2.45, 2.75) is 17.7 Å². The molecule has 1 fully saturated rings. The summed E-state index contributed by atoms with van der Waals surface area (Å²) >= 11 is 1.30. The SMILES string of the molecule is O=C(C=Cc1ccco1)Nc1nc(-c2ccc(S(=O)(=O)N3CCCC3)cc2)cs1. The number of benzene rings is 1. The number of hydrogen-bond donors (Lipinski definition) is 1. The van der Waals surface area contributed by atoms with Gasteiger partial charge in [-0.15, -0.1) is 11.3 Å². The Morgan fingerprint density at radius 1 is 1.17 bits per heavy atom. The summed E-state index contributed by atoms with van der Waals surface area (Å²) in [6.07, 6.45) is 6.29. The summed E-state index contributed by atoms with van der Waals surface area (Å²) in [4.78, 5) is 16.7. The standard InChI is InChI=1S/C20H19N3O4S2/c24-19(10-7-16-4-3-13-27-16)22-20-21-18(14-28-20)15-5-8-17(9-6-15)29(25,26)23-11-1-2-12-23/h3-10,13-14H,1-2,11-12H2,(H,21,22,24). The summed E-state index contributed by atoms with van der Waals surface area (Å²) < 4.78 is 31.9. The number of nitrogens with zero attached hydrogens (tertiary/aromatic N) is 2. The number of carbonyl (C=O) groups excluding carboxylic acids is 1. The van der Waals surface area contributed by atoms with Crippen LogP contribution in [0, 0.1) is 0 Å². The van der Waals surface area contributed by atoms with Crippen LogP contribution in [-0.2, 0) is 14.8 Å². The normalized spacial score (nSPS) is 15.2. The Labute approximate surface area is 172 Å². The van der Waals surface area contributed by atoms with E-state index >= 15 is 0 Å². The molecule has 0 aliphatic carbocycles. The highest BCUT2D eigenvalue weighted by Gasteiger charge is 2.27. The number of aromatic nitrogens is 1. The first kappa shape index (κ1) is 19.6. The zero-order chi connectivity index (χ0) is 20.3. The van der Waals surface area contributed by atoms with Gasteiger partial charge in [-0.1, -0.05) is 12.1 Å². The number of hydrogen-bond acceptors (Lipinski definition) is 6. The van der Waals surface area contributed by atoms with Gasteiger partial charge < -0.3 is 4.42 Å². The predicted molar refractivity (Wildman–Crippen MR) is 112 cm³/mol. The van der Waals surface area contributed by atoms with Crippen molar-refractivity contribution >= 4 is 38.5 Å². The fraction of sp³-hybridized carbons (Fsp3) is 0.200. The van der Waals surface area contributed by atoms with E-state index in [-0.39, 0.29) is 10.8 Å². The van der Waals surface area contributed by atoms with Gasteiger partial charge in [-0.05, 0) is 43.2 Å². The van der Waals surface area contributed by atoms with Crippen molar-refractivity contribution in [2.75, 3.05) is 18.4 Å². The molecule has 1 saturated heterocycles. The molecule has 0 radical (unpaired) electrons. The molecule has 4 rings (SSSR count). The first-order chi connectivity index (χ1) is 14.0. The largest absolute Gasteiger partial charge is 0.465 e. The van der Waals surface area contributed by atoms with E-state index in [0.29, 0.717) is 29.7 Å². The summed E-state index contributed by atoms with van der Waals surface area (Å²) in [5.41, 5.74) is 1.46. The van der Waals surface area contributed by atoms with Crippen molar-refractivity contribution in [1.82, 2.24) is 9.29 Å². The number of thiazole rings is 1. The summed E-state index contributed by atoms with van der Waals surface area (Å²) in [5, 5.41) is 4.98. The zero-order valence-electron chi connectivity index (χ0n) is 15.4. The second-order valence-electron chi connectivity index (χ2n) is 6.51. The molecule has 3 heterocycles. The first-order valence-electron chi connectivity index (χ1n) is 9.11. The second kappa shape index (κ2) is 8.32. The van der Waals surface area contributed by atoms with Gasteiger partial charge in [-0.3, -0.25) is 10.1 Å². The average Bonchev–Trinajstić information content (AvgIpc) is 3.49. The summed E-state index contributed by atoms with van der Waals surface area (Å²) in [6, 6.07) is 10.2. The van der Waals surface area contributed by atoms with E-state index in [4.69, 9.17) is 4.42 Å². The van der Waals surface area contributed by atoms with Crippen LogP contribution in [-0.4, -0.2) is 36.7 Å². The van der Waals surface area contributed by atoms with E-state index in [1.54, 1.807) is 42.5 Å². The van der Waals surface area contributed by atoms with E-state index in [1.807, 2.05) is 5.38 Å². The van der Waals surface area contributed by atoms with Crippen LogP contribution < -0.4 is 5.32 Å². The highest BCUT2D eigenvalue weighted by molar-refractivity contribution is 7.89. The average molecular weight is 430 g/mol. The number of carbonyl (C=O) groups is 1. The van der Waals surface area contributed by atoms with Crippen molar-refractivity contribution in [1.29, 1.82) is 0 Å². The van der Waals surface area contributed by atoms with Gasteiger partial charge in [0.1, 0.15) is 5.76 Å². The minimum Gasteiger partial charge on any atom is -0.465 e. The van der Waals surface area contributed by atoms with E-state index in [9.17, 15) is 13.2 Å². The maximum atomic E-state index is 12.6. The Hall–Kier alpha value is -2.75. The minimum atomic E-state index is -3.43. The molecule has 7 nitrogen and oxygen atoms in total. The molecule has 0 spiro atoms. The van der Waals surface area contributed by atoms with Gasteiger partial charge >= 0.3 is 0 Å². The fourth-order valence-corrected chi connectivity index (χ4v) is 5.27. The Bertz CT molecular complexity index is 1110. The topological polar surface area (TPSA) is 92.5 Å². The predicted octanol–water partition coefficient (Wildman–Crippen LogP) is 3.84. The lowest BCUT2D eigenvalue weighted by Crippen LogP contribution is -2.27.